The second-order valence-electron chi connectivity index (χ2n) is 5.19. The minimum absolute atomic E-state index is 0.0562. The second-order valence-corrected chi connectivity index (χ2v) is 5.19. The smallest absolute Gasteiger partial charge is 0.329 e. The number of hydrogen-bond donors (Lipinski definition) is 3. The van der Waals surface area contributed by atoms with E-state index >= 15 is 0 Å². The molecule has 0 aromatic carbocycles. The minimum atomic E-state index is -1.13. The van der Waals surface area contributed by atoms with E-state index in [2.05, 4.69) is 17.2 Å². The molecule has 18 heavy (non-hydrogen) atoms. The van der Waals surface area contributed by atoms with Gasteiger partial charge in [-0.2, -0.15) is 0 Å². The summed E-state index contributed by atoms with van der Waals surface area (Å²) in [6, 6.07) is -0.436. The van der Waals surface area contributed by atoms with Crippen LogP contribution in [-0.2, 0) is 4.79 Å². The molecule has 3 N–H and O–H groups in total. The third-order valence-corrected chi connectivity index (χ3v) is 3.57. The molecule has 2 unspecified atom stereocenters. The first-order chi connectivity index (χ1) is 8.38. The molecule has 1 fully saturated rings. The van der Waals surface area contributed by atoms with Gasteiger partial charge in [-0.1, -0.05) is 31.9 Å². The Kier molecular flexibility index (Phi) is 4.76. The van der Waals surface area contributed by atoms with E-state index in [1.807, 2.05) is 6.92 Å². The second kappa shape index (κ2) is 5.89. The van der Waals surface area contributed by atoms with Gasteiger partial charge in [-0.15, -0.1) is 0 Å². The van der Waals surface area contributed by atoms with E-state index < -0.39 is 17.5 Å². The van der Waals surface area contributed by atoms with E-state index in [9.17, 15) is 14.7 Å². The molecule has 0 heterocycles. The molecule has 5 nitrogen and oxygen atoms in total. The van der Waals surface area contributed by atoms with Crippen molar-refractivity contribution in [2.24, 2.45) is 5.92 Å². The molecule has 1 aliphatic rings. The van der Waals surface area contributed by atoms with Crippen LogP contribution in [0.1, 0.15) is 39.5 Å². The highest BCUT2D eigenvalue weighted by Gasteiger charge is 2.46. The molecular weight excluding hydrogens is 232 g/mol. The van der Waals surface area contributed by atoms with Crippen LogP contribution in [0, 0.1) is 5.92 Å². The van der Waals surface area contributed by atoms with Gasteiger partial charge in [0.2, 0.25) is 0 Å². The lowest BCUT2D eigenvalue weighted by Gasteiger charge is -2.39. The number of aliphatic carboxylic acids is 1. The molecule has 0 radical (unpaired) electrons. The molecule has 0 aromatic heterocycles. The van der Waals surface area contributed by atoms with Gasteiger partial charge < -0.3 is 15.7 Å². The van der Waals surface area contributed by atoms with Gasteiger partial charge in [0.1, 0.15) is 5.54 Å². The Morgan fingerprint density at radius 1 is 1.44 bits per heavy atom. The van der Waals surface area contributed by atoms with Crippen LogP contribution in [0.3, 0.4) is 0 Å². The molecule has 0 spiro atoms. The van der Waals surface area contributed by atoms with Crippen molar-refractivity contribution in [3.8, 4) is 0 Å². The Bertz CT molecular complexity index is 354. The van der Waals surface area contributed by atoms with Crippen molar-refractivity contribution in [3.05, 3.63) is 12.2 Å². The summed E-state index contributed by atoms with van der Waals surface area (Å²) >= 11 is 0. The number of urea groups is 1. The van der Waals surface area contributed by atoms with E-state index in [0.29, 0.717) is 13.0 Å². The van der Waals surface area contributed by atoms with Gasteiger partial charge in [-0.3, -0.25) is 0 Å². The zero-order valence-electron chi connectivity index (χ0n) is 11.1. The van der Waals surface area contributed by atoms with Crippen molar-refractivity contribution in [2.75, 3.05) is 6.54 Å². The zero-order valence-corrected chi connectivity index (χ0v) is 11.1. The maximum Gasteiger partial charge on any atom is 0.329 e. The summed E-state index contributed by atoms with van der Waals surface area (Å²) in [5.41, 5.74) is -0.302. The van der Waals surface area contributed by atoms with Crippen molar-refractivity contribution in [2.45, 2.75) is 45.1 Å². The molecule has 2 atom stereocenters. The van der Waals surface area contributed by atoms with E-state index in [0.717, 1.165) is 24.8 Å². The summed E-state index contributed by atoms with van der Waals surface area (Å²) in [5.74, 6) is -1.00. The van der Waals surface area contributed by atoms with Crippen molar-refractivity contribution in [1.29, 1.82) is 0 Å². The van der Waals surface area contributed by atoms with Crippen LogP contribution >= 0.6 is 0 Å². The highest BCUT2D eigenvalue weighted by molar-refractivity contribution is 5.86. The van der Waals surface area contributed by atoms with Gasteiger partial charge in [0.25, 0.3) is 0 Å². The molecule has 0 aliphatic heterocycles. The first-order valence-electron chi connectivity index (χ1n) is 6.32. The summed E-state index contributed by atoms with van der Waals surface area (Å²) in [6.07, 6.45) is 3.17. The van der Waals surface area contributed by atoms with E-state index in [4.69, 9.17) is 0 Å². The fourth-order valence-electron chi connectivity index (χ4n) is 2.38. The third-order valence-electron chi connectivity index (χ3n) is 3.57. The lowest BCUT2D eigenvalue weighted by Crippen LogP contribution is -2.62. The molecule has 1 saturated carbocycles. The lowest BCUT2D eigenvalue weighted by molar-refractivity contribution is -0.148. The number of hydrogen-bond acceptors (Lipinski definition) is 2. The summed E-state index contributed by atoms with van der Waals surface area (Å²) in [6.45, 7) is 7.72. The number of amides is 2. The average Bonchev–Trinajstić information content (AvgIpc) is 2.29. The van der Waals surface area contributed by atoms with Crippen molar-refractivity contribution < 1.29 is 14.7 Å². The van der Waals surface area contributed by atoms with Crippen LogP contribution in [-0.4, -0.2) is 29.2 Å². The normalized spacial score (nSPS) is 27.3. The molecule has 102 valence electrons. The van der Waals surface area contributed by atoms with Gasteiger partial charge >= 0.3 is 12.0 Å². The summed E-state index contributed by atoms with van der Waals surface area (Å²) in [7, 11) is 0. The summed E-state index contributed by atoms with van der Waals surface area (Å²) in [5, 5.41) is 14.7. The molecule has 5 heteroatoms. The maximum atomic E-state index is 11.7. The van der Waals surface area contributed by atoms with Gasteiger partial charge in [-0.25, -0.2) is 9.59 Å². The molecule has 1 rings (SSSR count). The largest absolute Gasteiger partial charge is 0.479 e. The first-order valence-corrected chi connectivity index (χ1v) is 6.32. The highest BCUT2D eigenvalue weighted by Crippen LogP contribution is 2.33. The van der Waals surface area contributed by atoms with Crippen LogP contribution in [0.2, 0.25) is 0 Å². The van der Waals surface area contributed by atoms with Crippen LogP contribution in [0.15, 0.2) is 12.2 Å². The standard InChI is InChI=1S/C13H22N2O3/c1-9(2)8-14-12(18)15-13(11(16)17)7-5-4-6-10(13)3/h10H,1,4-8H2,2-3H3,(H,16,17)(H2,14,15,18). The molecule has 0 saturated heterocycles. The zero-order chi connectivity index (χ0) is 13.8. The monoisotopic (exact) mass is 254 g/mol. The van der Waals surface area contributed by atoms with E-state index in [1.54, 1.807) is 6.92 Å². The van der Waals surface area contributed by atoms with Gasteiger partial charge in [0.15, 0.2) is 0 Å². The van der Waals surface area contributed by atoms with Crippen molar-refractivity contribution in [3.63, 3.8) is 0 Å². The Labute approximate surface area is 108 Å². The van der Waals surface area contributed by atoms with Crippen molar-refractivity contribution >= 4 is 12.0 Å². The number of carboxylic acid groups (broad SMARTS) is 1. The van der Waals surface area contributed by atoms with Crippen LogP contribution in [0.5, 0.6) is 0 Å². The number of carboxylic acids is 1. The predicted molar refractivity (Wildman–Crippen MR) is 69.3 cm³/mol. The SMILES string of the molecule is C=C(C)CNC(=O)NC1(C(=O)O)CCCCC1C. The minimum Gasteiger partial charge on any atom is -0.479 e. The molecule has 2 amide bonds. The molecule has 0 bridgehead atoms. The Morgan fingerprint density at radius 2 is 2.11 bits per heavy atom. The van der Waals surface area contributed by atoms with Crippen LogP contribution < -0.4 is 10.6 Å². The topological polar surface area (TPSA) is 78.4 Å². The van der Waals surface area contributed by atoms with E-state index in [-0.39, 0.29) is 5.92 Å². The predicted octanol–water partition coefficient (Wildman–Crippen LogP) is 1.90. The van der Waals surface area contributed by atoms with Gasteiger partial charge in [0, 0.05) is 6.54 Å². The Morgan fingerprint density at radius 3 is 2.61 bits per heavy atom. The first kappa shape index (κ1) is 14.5. The molecule has 0 aromatic rings. The number of nitrogens with one attached hydrogen (secondary N) is 2. The summed E-state index contributed by atoms with van der Waals surface area (Å²) in [4.78, 5) is 23.2. The molecular formula is C13H22N2O3. The van der Waals surface area contributed by atoms with Crippen LogP contribution in [0.4, 0.5) is 4.79 Å². The number of carbonyl (C=O) groups is 2. The quantitative estimate of drug-likeness (QED) is 0.670. The maximum absolute atomic E-state index is 11.7. The third kappa shape index (κ3) is 3.24. The highest BCUT2D eigenvalue weighted by atomic mass is 16.4. The fraction of sp³-hybridized carbons (Fsp3) is 0.692. The Hall–Kier alpha value is -1.52. The Balaban J connectivity index is 2.70. The fourth-order valence-corrected chi connectivity index (χ4v) is 2.38. The van der Waals surface area contributed by atoms with E-state index in [1.165, 1.54) is 0 Å². The number of rotatable bonds is 4. The van der Waals surface area contributed by atoms with Gasteiger partial charge in [0.05, 0.1) is 0 Å². The van der Waals surface area contributed by atoms with Gasteiger partial charge in [-0.05, 0) is 25.7 Å². The van der Waals surface area contributed by atoms with Crippen LogP contribution in [0.25, 0.3) is 0 Å². The van der Waals surface area contributed by atoms with Crippen molar-refractivity contribution in [1.82, 2.24) is 10.6 Å². The lowest BCUT2D eigenvalue weighted by atomic mass is 9.73. The molecule has 1 aliphatic carbocycles. The average molecular weight is 254 g/mol. The number of carbonyl (C=O) groups excluding carboxylic acids is 1. The summed E-state index contributed by atoms with van der Waals surface area (Å²) < 4.78 is 0.